The molecule has 2 aliphatic rings. The Balaban J connectivity index is 2.03. The summed E-state index contributed by atoms with van der Waals surface area (Å²) in [6.45, 7) is 12.0. The first-order valence-electron chi connectivity index (χ1n) is 11.4. The first-order chi connectivity index (χ1) is 15.0. The zero-order chi connectivity index (χ0) is 23.6. The number of aromatic hydroxyl groups is 1. The Kier molecular flexibility index (Phi) is 7.72. The van der Waals surface area contributed by atoms with Crippen molar-refractivity contribution in [2.75, 3.05) is 0 Å². The first kappa shape index (κ1) is 24.8. The normalized spacial score (nSPS) is 29.9. The van der Waals surface area contributed by atoms with E-state index in [1.54, 1.807) is 18.2 Å². The Labute approximate surface area is 200 Å². The summed E-state index contributed by atoms with van der Waals surface area (Å²) in [7, 11) is 0. The van der Waals surface area contributed by atoms with E-state index in [0.29, 0.717) is 24.8 Å². The summed E-state index contributed by atoms with van der Waals surface area (Å²) in [4.78, 5) is 12.8. The molecule has 1 aliphatic heterocycles. The third kappa shape index (κ3) is 5.55. The Morgan fingerprint density at radius 3 is 2.66 bits per heavy atom. The standard InChI is InChI=1S/C27H35BrO4/c1-16(2)24-12-13-27(5,31)25(28)11-9-21-17(3)6-7-18(4)22(21)15-20-14-19(26(30)32-24)8-10-23(20)29/h6,8,10,14,21,24-25,29,31H,1,7,9,11-13,15H2,2-5H3/t21?,24-,25+,27-/m0/s1. The van der Waals surface area contributed by atoms with E-state index in [-0.39, 0.29) is 16.5 Å². The van der Waals surface area contributed by atoms with Gasteiger partial charge in [0, 0.05) is 10.7 Å². The minimum Gasteiger partial charge on any atom is -0.508 e. The Hall–Kier alpha value is -1.85. The number of phenolic OH excluding ortho intramolecular Hbond substituents is 1. The first-order valence-corrected chi connectivity index (χ1v) is 12.3. The number of rotatable bonds is 1. The Morgan fingerprint density at radius 2 is 1.97 bits per heavy atom. The molecular weight excluding hydrogens is 468 g/mol. The van der Waals surface area contributed by atoms with Crippen LogP contribution in [0.1, 0.15) is 75.7 Å². The van der Waals surface area contributed by atoms with Crippen LogP contribution < -0.4 is 0 Å². The lowest BCUT2D eigenvalue weighted by Crippen LogP contribution is -2.37. The van der Waals surface area contributed by atoms with Gasteiger partial charge in [0.1, 0.15) is 11.9 Å². The minimum atomic E-state index is -0.943. The van der Waals surface area contributed by atoms with Crippen LogP contribution in [0.15, 0.2) is 53.1 Å². The maximum absolute atomic E-state index is 12.9. The van der Waals surface area contributed by atoms with Gasteiger partial charge in [-0.15, -0.1) is 0 Å². The molecule has 5 heteroatoms. The monoisotopic (exact) mass is 502 g/mol. The highest BCUT2D eigenvalue weighted by molar-refractivity contribution is 9.09. The molecule has 0 aromatic heterocycles. The lowest BCUT2D eigenvalue weighted by Gasteiger charge is -2.33. The Morgan fingerprint density at radius 1 is 1.25 bits per heavy atom. The number of hydrogen-bond acceptors (Lipinski definition) is 4. The SMILES string of the molecule is C=C(C)[C@@H]1CC[C@](C)(O)[C@H](Br)CCC2C(C)=CCC(C)=C2Cc2cc(ccc2O)C(=O)O1. The molecule has 4 atom stereocenters. The summed E-state index contributed by atoms with van der Waals surface area (Å²) < 4.78 is 5.77. The summed E-state index contributed by atoms with van der Waals surface area (Å²) in [6, 6.07) is 4.93. The van der Waals surface area contributed by atoms with Gasteiger partial charge in [-0.1, -0.05) is 45.3 Å². The largest absolute Gasteiger partial charge is 0.508 e. The number of esters is 1. The highest BCUT2D eigenvalue weighted by Gasteiger charge is 2.33. The number of alkyl halides is 1. The highest BCUT2D eigenvalue weighted by atomic mass is 79.9. The number of allylic oxidation sites excluding steroid dienone is 4. The number of halogens is 1. The fourth-order valence-electron chi connectivity index (χ4n) is 4.70. The molecule has 1 aromatic carbocycles. The molecule has 2 bridgehead atoms. The minimum absolute atomic E-state index is 0.0904. The van der Waals surface area contributed by atoms with Gasteiger partial charge in [-0.05, 0) is 95.6 Å². The smallest absolute Gasteiger partial charge is 0.338 e. The van der Waals surface area contributed by atoms with E-state index in [4.69, 9.17) is 4.74 Å². The molecule has 1 heterocycles. The van der Waals surface area contributed by atoms with Crippen molar-refractivity contribution in [2.45, 2.75) is 82.8 Å². The van der Waals surface area contributed by atoms with Crippen LogP contribution in [0.2, 0.25) is 0 Å². The van der Waals surface area contributed by atoms with Crippen LogP contribution in [0.5, 0.6) is 5.75 Å². The van der Waals surface area contributed by atoms with E-state index in [0.717, 1.165) is 30.4 Å². The van der Waals surface area contributed by atoms with Crippen molar-refractivity contribution in [3.8, 4) is 5.75 Å². The number of aliphatic hydroxyl groups is 1. The predicted octanol–water partition coefficient (Wildman–Crippen LogP) is 6.41. The van der Waals surface area contributed by atoms with Gasteiger partial charge >= 0.3 is 5.97 Å². The molecule has 2 N–H and O–H groups in total. The molecule has 0 amide bonds. The number of carbonyl (C=O) groups is 1. The van der Waals surface area contributed by atoms with E-state index < -0.39 is 17.7 Å². The van der Waals surface area contributed by atoms with Crippen molar-refractivity contribution in [3.05, 3.63) is 64.3 Å². The third-order valence-corrected chi connectivity index (χ3v) is 8.48. The van der Waals surface area contributed by atoms with Crippen molar-refractivity contribution in [3.63, 3.8) is 0 Å². The molecule has 0 spiro atoms. The van der Waals surface area contributed by atoms with Gasteiger partial charge in [-0.25, -0.2) is 4.79 Å². The lowest BCUT2D eigenvalue weighted by atomic mass is 9.76. The summed E-state index contributed by atoms with van der Waals surface area (Å²) in [5.41, 5.74) is 4.88. The van der Waals surface area contributed by atoms with Crippen molar-refractivity contribution in [2.24, 2.45) is 5.92 Å². The molecule has 0 saturated heterocycles. The van der Waals surface area contributed by atoms with Gasteiger partial charge in [-0.2, -0.15) is 0 Å². The second-order valence-electron chi connectivity index (χ2n) is 9.71. The van der Waals surface area contributed by atoms with Crippen molar-refractivity contribution in [1.82, 2.24) is 0 Å². The van der Waals surface area contributed by atoms with Crippen molar-refractivity contribution < 1.29 is 19.7 Å². The van der Waals surface area contributed by atoms with E-state index >= 15 is 0 Å². The highest BCUT2D eigenvalue weighted by Crippen LogP contribution is 2.39. The fraction of sp³-hybridized carbons (Fsp3) is 0.519. The number of carbonyl (C=O) groups excluding carboxylic acids is 1. The van der Waals surface area contributed by atoms with E-state index in [2.05, 4.69) is 42.4 Å². The van der Waals surface area contributed by atoms with Gasteiger partial charge in [0.2, 0.25) is 0 Å². The maximum Gasteiger partial charge on any atom is 0.338 e. The summed E-state index contributed by atoms with van der Waals surface area (Å²) in [6.07, 6.45) is 5.98. The van der Waals surface area contributed by atoms with Gasteiger partial charge in [0.05, 0.1) is 11.2 Å². The molecule has 3 rings (SSSR count). The maximum atomic E-state index is 12.9. The van der Waals surface area contributed by atoms with Crippen LogP contribution in [0, 0.1) is 5.92 Å². The molecule has 1 unspecified atom stereocenters. The van der Waals surface area contributed by atoms with E-state index in [1.807, 2.05) is 13.8 Å². The number of hydrogen-bond donors (Lipinski definition) is 2. The quantitative estimate of drug-likeness (QED) is 0.264. The van der Waals surface area contributed by atoms with Crippen molar-refractivity contribution in [1.29, 1.82) is 0 Å². The van der Waals surface area contributed by atoms with Crippen molar-refractivity contribution >= 4 is 21.9 Å². The molecule has 1 aliphatic carbocycles. The number of ether oxygens (including phenoxy) is 1. The number of fused-ring (bicyclic) bond motifs is 3. The molecule has 4 nitrogen and oxygen atoms in total. The van der Waals surface area contributed by atoms with Gasteiger partial charge in [0.25, 0.3) is 0 Å². The zero-order valence-corrected chi connectivity index (χ0v) is 21.2. The average molecular weight is 503 g/mol. The van der Waals surface area contributed by atoms with Crippen LogP contribution in [-0.2, 0) is 11.2 Å². The molecule has 32 heavy (non-hydrogen) atoms. The summed E-state index contributed by atoms with van der Waals surface area (Å²) in [5, 5.41) is 21.7. The van der Waals surface area contributed by atoms with Crippen LogP contribution in [-0.4, -0.2) is 32.7 Å². The topological polar surface area (TPSA) is 66.8 Å². The predicted molar refractivity (Wildman–Crippen MR) is 132 cm³/mol. The van der Waals surface area contributed by atoms with Gasteiger partial charge in [-0.3, -0.25) is 0 Å². The summed E-state index contributed by atoms with van der Waals surface area (Å²) >= 11 is 3.74. The number of phenols is 1. The van der Waals surface area contributed by atoms with Crippen LogP contribution in [0.4, 0.5) is 0 Å². The summed E-state index contributed by atoms with van der Waals surface area (Å²) in [5.74, 6) is 0.00362. The zero-order valence-electron chi connectivity index (χ0n) is 19.6. The average Bonchev–Trinajstić information content (AvgIpc) is 2.73. The second-order valence-corrected chi connectivity index (χ2v) is 10.8. The Bertz CT molecular complexity index is 956. The van der Waals surface area contributed by atoms with E-state index in [1.165, 1.54) is 16.7 Å². The fourth-order valence-corrected chi connectivity index (χ4v) is 5.20. The van der Waals surface area contributed by atoms with Crippen LogP contribution >= 0.6 is 15.9 Å². The molecule has 174 valence electrons. The lowest BCUT2D eigenvalue weighted by molar-refractivity contribution is 0.0150. The van der Waals surface area contributed by atoms with Gasteiger partial charge < -0.3 is 14.9 Å². The molecular formula is C27H35BrO4. The molecule has 0 saturated carbocycles. The molecule has 0 radical (unpaired) electrons. The number of benzene rings is 1. The van der Waals surface area contributed by atoms with Crippen LogP contribution in [0.3, 0.4) is 0 Å². The third-order valence-electron chi connectivity index (χ3n) is 7.04. The van der Waals surface area contributed by atoms with E-state index in [9.17, 15) is 15.0 Å². The molecule has 0 fully saturated rings. The second kappa shape index (κ2) is 9.96. The van der Waals surface area contributed by atoms with Gasteiger partial charge in [0.15, 0.2) is 0 Å². The number of cyclic esters (lactones) is 1. The van der Waals surface area contributed by atoms with Crippen LogP contribution in [0.25, 0.3) is 0 Å². The molecule has 1 aromatic rings.